The highest BCUT2D eigenvalue weighted by molar-refractivity contribution is 5.21. The van der Waals surface area contributed by atoms with E-state index in [-0.39, 0.29) is 12.0 Å². The van der Waals surface area contributed by atoms with Gasteiger partial charge in [0.2, 0.25) is 0 Å². The molecule has 2 aliphatic carbocycles. The van der Waals surface area contributed by atoms with Gasteiger partial charge in [-0.25, -0.2) is 0 Å². The Morgan fingerprint density at radius 1 is 1.25 bits per heavy atom. The molecule has 0 aliphatic heterocycles. The highest BCUT2D eigenvalue weighted by atomic mass is 16.3. The first-order valence-electron chi connectivity index (χ1n) is 4.90. The minimum absolute atomic E-state index is 0.0845. The van der Waals surface area contributed by atoms with Crippen molar-refractivity contribution in [2.45, 2.75) is 38.7 Å². The van der Waals surface area contributed by atoms with Gasteiger partial charge in [-0.2, -0.15) is 0 Å². The van der Waals surface area contributed by atoms with Gasteiger partial charge in [-0.3, -0.25) is 0 Å². The Morgan fingerprint density at radius 2 is 1.75 bits per heavy atom. The van der Waals surface area contributed by atoms with Crippen LogP contribution in [0.25, 0.3) is 0 Å². The van der Waals surface area contributed by atoms with Gasteiger partial charge in [-0.05, 0) is 31.1 Å². The van der Waals surface area contributed by atoms with E-state index in [2.05, 4.69) is 13.8 Å². The summed E-state index contributed by atoms with van der Waals surface area (Å²) >= 11 is 0. The first-order chi connectivity index (χ1) is 5.57. The molecule has 2 nitrogen and oxygen atoms in total. The number of aliphatic hydroxyl groups is 2. The van der Waals surface area contributed by atoms with Crippen LogP contribution < -0.4 is 0 Å². The second-order valence-corrected chi connectivity index (χ2v) is 4.76. The third-order valence-electron chi connectivity index (χ3n) is 4.15. The second-order valence-electron chi connectivity index (χ2n) is 4.76. The van der Waals surface area contributed by atoms with Gasteiger partial charge >= 0.3 is 0 Å². The molecule has 0 aromatic carbocycles. The van der Waals surface area contributed by atoms with E-state index in [9.17, 15) is 5.11 Å². The van der Waals surface area contributed by atoms with Crippen LogP contribution in [0.15, 0.2) is 0 Å². The summed E-state index contributed by atoms with van der Waals surface area (Å²) in [6.07, 6.45) is 2.83. The molecule has 0 spiro atoms. The topological polar surface area (TPSA) is 40.5 Å². The van der Waals surface area contributed by atoms with Crippen LogP contribution in [0.2, 0.25) is 0 Å². The minimum atomic E-state index is -0.421. The van der Waals surface area contributed by atoms with E-state index in [1.54, 1.807) is 0 Å². The van der Waals surface area contributed by atoms with Crippen molar-refractivity contribution in [3.63, 3.8) is 0 Å². The molecule has 70 valence electrons. The Labute approximate surface area is 73.6 Å². The molecule has 12 heavy (non-hydrogen) atoms. The molecule has 2 rings (SSSR count). The zero-order chi connectivity index (χ0) is 8.98. The largest absolute Gasteiger partial charge is 0.396 e. The molecule has 0 saturated heterocycles. The Hall–Kier alpha value is -0.0800. The maximum Gasteiger partial charge on any atom is 0.0737 e. The molecular weight excluding hydrogens is 152 g/mol. The van der Waals surface area contributed by atoms with Gasteiger partial charge in [0.1, 0.15) is 0 Å². The molecule has 4 unspecified atom stereocenters. The fraction of sp³-hybridized carbons (Fsp3) is 1.00. The summed E-state index contributed by atoms with van der Waals surface area (Å²) in [5.41, 5.74) is -0.337. The molecule has 0 aromatic rings. The zero-order valence-electron chi connectivity index (χ0n) is 7.88. The third kappa shape index (κ3) is 0.826. The van der Waals surface area contributed by atoms with Crippen LogP contribution in [0.3, 0.4) is 0 Å². The van der Waals surface area contributed by atoms with Gasteiger partial charge in [-0.1, -0.05) is 13.8 Å². The van der Waals surface area contributed by atoms with Crippen molar-refractivity contribution in [1.29, 1.82) is 0 Å². The van der Waals surface area contributed by atoms with E-state index in [1.807, 2.05) is 0 Å². The fourth-order valence-electron chi connectivity index (χ4n) is 2.96. The highest BCUT2D eigenvalue weighted by Crippen LogP contribution is 2.71. The Balaban J connectivity index is 2.10. The molecule has 0 radical (unpaired) electrons. The average molecular weight is 170 g/mol. The molecule has 0 bridgehead atoms. The van der Waals surface area contributed by atoms with Crippen molar-refractivity contribution < 1.29 is 10.2 Å². The number of aliphatic hydroxyl groups excluding tert-OH is 1. The van der Waals surface area contributed by atoms with Crippen LogP contribution in [-0.4, -0.2) is 22.4 Å². The molecule has 0 aromatic heterocycles. The number of hydrogen-bond donors (Lipinski definition) is 2. The standard InChI is InChI=1S/C10H18O2/c1-7-5-9(7,3-4-11)10(12)6-8(10)2/h7-8,11-12H,3-6H2,1-2H3. The maximum atomic E-state index is 10.2. The van der Waals surface area contributed by atoms with Gasteiger partial charge in [-0.15, -0.1) is 0 Å². The quantitative estimate of drug-likeness (QED) is 0.667. The van der Waals surface area contributed by atoms with Crippen LogP contribution in [0.1, 0.15) is 33.1 Å². The lowest BCUT2D eigenvalue weighted by molar-refractivity contribution is 0.0292. The molecule has 2 saturated carbocycles. The average Bonchev–Trinajstić information content (AvgIpc) is 2.79. The highest BCUT2D eigenvalue weighted by Gasteiger charge is 2.72. The van der Waals surface area contributed by atoms with Crippen LogP contribution in [0.4, 0.5) is 0 Å². The zero-order valence-corrected chi connectivity index (χ0v) is 7.88. The van der Waals surface area contributed by atoms with Crippen LogP contribution >= 0.6 is 0 Å². The van der Waals surface area contributed by atoms with Gasteiger partial charge in [0, 0.05) is 12.0 Å². The number of rotatable bonds is 3. The van der Waals surface area contributed by atoms with Crippen LogP contribution in [0.5, 0.6) is 0 Å². The molecule has 0 heterocycles. The molecule has 2 aliphatic rings. The first-order valence-corrected chi connectivity index (χ1v) is 4.90. The lowest BCUT2D eigenvalue weighted by atomic mass is 9.89. The van der Waals surface area contributed by atoms with Crippen molar-refractivity contribution in [1.82, 2.24) is 0 Å². The van der Waals surface area contributed by atoms with Crippen molar-refractivity contribution in [2.75, 3.05) is 6.61 Å². The van der Waals surface area contributed by atoms with Crippen molar-refractivity contribution in [2.24, 2.45) is 17.3 Å². The van der Waals surface area contributed by atoms with Gasteiger partial charge in [0.15, 0.2) is 0 Å². The summed E-state index contributed by atoms with van der Waals surface area (Å²) in [7, 11) is 0. The lowest BCUT2D eigenvalue weighted by Gasteiger charge is -2.23. The van der Waals surface area contributed by atoms with E-state index in [1.165, 1.54) is 0 Å². The molecule has 2 fully saturated rings. The van der Waals surface area contributed by atoms with E-state index in [0.717, 1.165) is 19.3 Å². The van der Waals surface area contributed by atoms with Crippen molar-refractivity contribution >= 4 is 0 Å². The van der Waals surface area contributed by atoms with Crippen LogP contribution in [0, 0.1) is 17.3 Å². The summed E-state index contributed by atoms with van der Waals surface area (Å²) in [6, 6.07) is 0. The number of hydrogen-bond acceptors (Lipinski definition) is 2. The first kappa shape index (κ1) is 8.52. The fourth-order valence-corrected chi connectivity index (χ4v) is 2.96. The van der Waals surface area contributed by atoms with Crippen molar-refractivity contribution in [3.05, 3.63) is 0 Å². The summed E-state index contributed by atoms with van der Waals surface area (Å²) in [5.74, 6) is 1.06. The van der Waals surface area contributed by atoms with E-state index in [4.69, 9.17) is 5.11 Å². The molecule has 4 atom stereocenters. The van der Waals surface area contributed by atoms with Gasteiger partial charge in [0.05, 0.1) is 5.60 Å². The van der Waals surface area contributed by atoms with Gasteiger partial charge < -0.3 is 10.2 Å². The normalized spacial score (nSPS) is 57.0. The minimum Gasteiger partial charge on any atom is -0.396 e. The van der Waals surface area contributed by atoms with Gasteiger partial charge in [0.25, 0.3) is 0 Å². The monoisotopic (exact) mass is 170 g/mol. The summed E-state index contributed by atoms with van der Waals surface area (Å²) < 4.78 is 0. The maximum absolute atomic E-state index is 10.2. The van der Waals surface area contributed by atoms with E-state index in [0.29, 0.717) is 11.8 Å². The third-order valence-corrected chi connectivity index (χ3v) is 4.15. The Kier molecular flexibility index (Phi) is 1.59. The van der Waals surface area contributed by atoms with Crippen molar-refractivity contribution in [3.8, 4) is 0 Å². The molecule has 2 heteroatoms. The smallest absolute Gasteiger partial charge is 0.0737 e. The predicted octanol–water partition coefficient (Wildman–Crippen LogP) is 1.17. The summed E-state index contributed by atoms with van der Waals surface area (Å²) in [4.78, 5) is 0. The van der Waals surface area contributed by atoms with Crippen LogP contribution in [-0.2, 0) is 0 Å². The molecular formula is C10H18O2. The molecule has 0 amide bonds. The second kappa shape index (κ2) is 2.24. The Morgan fingerprint density at radius 3 is 2.00 bits per heavy atom. The lowest BCUT2D eigenvalue weighted by Crippen LogP contribution is -2.28. The molecule has 2 N–H and O–H groups in total. The predicted molar refractivity (Wildman–Crippen MR) is 46.6 cm³/mol. The Bertz CT molecular complexity index is 204. The van der Waals surface area contributed by atoms with E-state index >= 15 is 0 Å². The summed E-state index contributed by atoms with van der Waals surface area (Å²) in [5, 5.41) is 19.1. The van der Waals surface area contributed by atoms with E-state index < -0.39 is 5.60 Å². The SMILES string of the molecule is CC1CC1(O)C1(CCO)CC1C. The summed E-state index contributed by atoms with van der Waals surface area (Å²) in [6.45, 7) is 4.50.